The average Bonchev–Trinajstić information content (AvgIpc) is 2.06. The van der Waals surface area contributed by atoms with Crippen molar-refractivity contribution in [1.82, 2.24) is 4.98 Å². The third-order valence-electron chi connectivity index (χ3n) is 1.32. The summed E-state index contributed by atoms with van der Waals surface area (Å²) in [4.78, 5) is 14.7. The molecule has 0 unspecified atom stereocenters. The maximum absolute atomic E-state index is 10.7. The second-order valence-electron chi connectivity index (χ2n) is 2.36. The predicted molar refractivity (Wildman–Crippen MR) is 56.1 cm³/mol. The topological polar surface area (TPSA) is 42.3 Å². The molecule has 0 aliphatic carbocycles. The molecule has 0 saturated carbocycles. The molecule has 13 heavy (non-hydrogen) atoms. The fraction of sp³-hybridized carbons (Fsp3) is 0.250. The molecule has 5 heteroatoms. The number of Topliss-reactive ketones (excluding diaryl/α,β-unsaturated/α-hetero) is 1. The van der Waals surface area contributed by atoms with Crippen molar-refractivity contribution in [1.29, 1.82) is 0 Å². The van der Waals surface area contributed by atoms with Gasteiger partial charge in [-0.25, -0.2) is 0 Å². The summed E-state index contributed by atoms with van der Waals surface area (Å²) in [5, 5.41) is 0. The molecule has 0 aliphatic heterocycles. The van der Waals surface area contributed by atoms with Gasteiger partial charge in [0, 0.05) is 17.5 Å². The number of carbonyl (C=O) groups excluding carboxylic acids is 1. The second-order valence-corrected chi connectivity index (χ2v) is 2.59. The standard InChI is InChI=1S/C8H9NO.BHNS/c1-6-3-4-8(5-9-6)7(2)10;1-2-3/h3-5H,1-2H3;3H. The third kappa shape index (κ3) is 5.30. The zero-order chi connectivity index (χ0) is 10.3. The van der Waals surface area contributed by atoms with Gasteiger partial charge in [-0.1, -0.05) is 0 Å². The van der Waals surface area contributed by atoms with Gasteiger partial charge in [0.25, 0.3) is 0 Å². The molecule has 0 spiro atoms. The Hall–Kier alpha value is -0.965. The van der Waals surface area contributed by atoms with Crippen molar-refractivity contribution in [3.8, 4) is 0 Å². The van der Waals surface area contributed by atoms with Crippen LogP contribution in [0.15, 0.2) is 22.6 Å². The molecule has 67 valence electrons. The van der Waals surface area contributed by atoms with E-state index in [0.717, 1.165) is 5.69 Å². The van der Waals surface area contributed by atoms with Gasteiger partial charge in [0.1, 0.15) is 0 Å². The Bertz CT molecular complexity index is 287. The molecule has 0 aliphatic rings. The molecule has 0 amide bonds. The molecule has 1 aromatic heterocycles. The Balaban J connectivity index is 0.000000424. The third-order valence-corrected chi connectivity index (χ3v) is 1.32. The molecule has 0 atom stereocenters. The van der Waals surface area contributed by atoms with Gasteiger partial charge in [-0.2, -0.15) is 0 Å². The number of hydrogen-bond acceptors (Lipinski definition) is 4. The fourth-order valence-corrected chi connectivity index (χ4v) is 0.676. The van der Waals surface area contributed by atoms with Gasteiger partial charge in [0.15, 0.2) is 5.78 Å². The summed E-state index contributed by atoms with van der Waals surface area (Å²) in [6.07, 6.45) is 1.59. The zero-order valence-corrected chi connectivity index (χ0v) is 8.45. The van der Waals surface area contributed by atoms with Gasteiger partial charge in [-0.3, -0.25) is 9.78 Å². The Labute approximate surface area is 84.3 Å². The van der Waals surface area contributed by atoms with Crippen molar-refractivity contribution in [2.45, 2.75) is 13.8 Å². The molecule has 1 aromatic rings. The van der Waals surface area contributed by atoms with Crippen LogP contribution in [0.3, 0.4) is 0 Å². The molecule has 0 bridgehead atoms. The molecule has 1 rings (SSSR count). The van der Waals surface area contributed by atoms with Crippen LogP contribution in [-0.2, 0) is 0 Å². The summed E-state index contributed by atoms with van der Waals surface area (Å²) >= 11 is 3.19. The molecular weight excluding hydrogens is 183 g/mol. The number of ketones is 1. The van der Waals surface area contributed by atoms with E-state index in [1.54, 1.807) is 12.3 Å². The molecule has 0 fully saturated rings. The Morgan fingerprint density at radius 3 is 2.46 bits per heavy atom. The molecule has 0 N–H and O–H groups in total. The second kappa shape index (κ2) is 6.54. The SMILES string of the molecule is CC(=O)c1ccc(C)nc1.[B]=NS. The van der Waals surface area contributed by atoms with E-state index >= 15 is 0 Å². The summed E-state index contributed by atoms with van der Waals surface area (Å²) in [5.74, 6) is 0.0625. The zero-order valence-electron chi connectivity index (χ0n) is 7.56. The van der Waals surface area contributed by atoms with Crippen LogP contribution >= 0.6 is 12.8 Å². The van der Waals surface area contributed by atoms with Crippen molar-refractivity contribution < 1.29 is 4.79 Å². The maximum atomic E-state index is 10.7. The Morgan fingerprint density at radius 2 is 2.15 bits per heavy atom. The molecule has 0 aromatic carbocycles. The first-order chi connectivity index (χ1) is 6.11. The Kier molecular flexibility index (Phi) is 6.05. The summed E-state index contributed by atoms with van der Waals surface area (Å²) in [6.45, 7) is 3.43. The number of aryl methyl sites for hydroxylation is 1. The van der Waals surface area contributed by atoms with E-state index in [0.29, 0.717) is 5.56 Å². The van der Waals surface area contributed by atoms with Crippen molar-refractivity contribution in [2.75, 3.05) is 0 Å². The fourth-order valence-electron chi connectivity index (χ4n) is 0.676. The first-order valence-corrected chi connectivity index (χ1v) is 3.99. The quantitative estimate of drug-likeness (QED) is 0.419. The number of aromatic nitrogens is 1. The van der Waals surface area contributed by atoms with E-state index in [9.17, 15) is 4.79 Å². The van der Waals surface area contributed by atoms with E-state index in [-0.39, 0.29) is 5.78 Å². The molecule has 1 radical (unpaired) electrons. The van der Waals surface area contributed by atoms with Crippen molar-refractivity contribution in [3.05, 3.63) is 29.6 Å². The van der Waals surface area contributed by atoms with Crippen molar-refractivity contribution in [3.63, 3.8) is 0 Å². The minimum atomic E-state index is 0.0625. The first kappa shape index (κ1) is 12.0. The molecule has 0 saturated heterocycles. The number of carbonyl (C=O) groups is 1. The summed E-state index contributed by atoms with van der Waals surface area (Å²) < 4.78 is 2.69. The van der Waals surface area contributed by atoms with Gasteiger partial charge in [0.2, 0.25) is 0 Å². The van der Waals surface area contributed by atoms with Gasteiger partial charge in [0.05, 0.1) is 0 Å². The molecule has 3 nitrogen and oxygen atoms in total. The normalized spacial score (nSPS) is 8.15. The number of rotatable bonds is 1. The van der Waals surface area contributed by atoms with E-state index in [1.165, 1.54) is 6.92 Å². The summed E-state index contributed by atoms with van der Waals surface area (Å²) in [7, 11) is 4.34. The van der Waals surface area contributed by atoms with E-state index in [4.69, 9.17) is 0 Å². The van der Waals surface area contributed by atoms with E-state index in [2.05, 4.69) is 29.7 Å². The van der Waals surface area contributed by atoms with E-state index in [1.807, 2.05) is 13.0 Å². The van der Waals surface area contributed by atoms with E-state index < -0.39 is 0 Å². The monoisotopic (exact) mass is 193 g/mol. The molecular formula is C8H10BN2OS. The van der Waals surface area contributed by atoms with Crippen molar-refractivity contribution >= 4 is 26.2 Å². The van der Waals surface area contributed by atoms with Crippen LogP contribution in [0.5, 0.6) is 0 Å². The average molecular weight is 193 g/mol. The van der Waals surface area contributed by atoms with Crippen LogP contribution in [0.4, 0.5) is 0 Å². The van der Waals surface area contributed by atoms with Crippen molar-refractivity contribution in [2.24, 2.45) is 4.30 Å². The van der Waals surface area contributed by atoms with Crippen LogP contribution < -0.4 is 0 Å². The van der Waals surface area contributed by atoms with Gasteiger partial charge in [-0.15, -0.1) is 0 Å². The van der Waals surface area contributed by atoms with Crippen LogP contribution in [0.2, 0.25) is 0 Å². The van der Waals surface area contributed by atoms with Crippen LogP contribution in [0.1, 0.15) is 23.0 Å². The first-order valence-electron chi connectivity index (χ1n) is 3.59. The van der Waals surface area contributed by atoms with Crippen LogP contribution in [0.25, 0.3) is 0 Å². The molecule has 1 heterocycles. The van der Waals surface area contributed by atoms with Gasteiger partial charge >= 0.3 is 24.8 Å². The number of pyridine rings is 1. The Morgan fingerprint density at radius 1 is 1.62 bits per heavy atom. The van der Waals surface area contributed by atoms with Gasteiger partial charge < -0.3 is 0 Å². The van der Waals surface area contributed by atoms with Gasteiger partial charge in [-0.05, 0) is 26.0 Å². The van der Waals surface area contributed by atoms with Crippen LogP contribution in [0, 0.1) is 6.92 Å². The summed E-state index contributed by atoms with van der Waals surface area (Å²) in [6, 6.07) is 3.61. The van der Waals surface area contributed by atoms with Crippen LogP contribution in [-0.4, -0.2) is 18.4 Å². The number of thiol groups is 1. The number of nitrogens with zero attached hydrogens (tertiary/aromatic N) is 2. The number of hydrogen-bond donors (Lipinski definition) is 1. The minimum absolute atomic E-state index is 0.0625. The predicted octanol–water partition coefficient (Wildman–Crippen LogP) is 1.78. The summed E-state index contributed by atoms with van der Waals surface area (Å²) in [5.41, 5.74) is 1.61.